The van der Waals surface area contributed by atoms with Crippen LogP contribution < -0.4 is 5.32 Å². The quantitative estimate of drug-likeness (QED) is 0.636. The number of guanidine groups is 1. The van der Waals surface area contributed by atoms with Crippen molar-refractivity contribution in [3.8, 4) is 0 Å². The minimum atomic E-state index is -0.211. The number of halogens is 1. The fourth-order valence-corrected chi connectivity index (χ4v) is 2.56. The van der Waals surface area contributed by atoms with Gasteiger partial charge in [0.05, 0.1) is 0 Å². The number of nitrogens with zero attached hydrogens (tertiary/aromatic N) is 2. The van der Waals surface area contributed by atoms with E-state index in [1.165, 1.54) is 24.1 Å². The van der Waals surface area contributed by atoms with Crippen LogP contribution in [0.15, 0.2) is 29.4 Å². The Labute approximate surface area is 131 Å². The Morgan fingerprint density at radius 3 is 2.95 bits per heavy atom. The molecule has 2 aromatic rings. The summed E-state index contributed by atoms with van der Waals surface area (Å²) in [5.74, 6) is 0.705. The lowest BCUT2D eigenvalue weighted by molar-refractivity contribution is 0.465. The van der Waals surface area contributed by atoms with E-state index in [1.54, 1.807) is 7.05 Å². The van der Waals surface area contributed by atoms with Crippen LogP contribution in [0.2, 0.25) is 0 Å². The molecule has 4 nitrogen and oxygen atoms in total. The van der Waals surface area contributed by atoms with Gasteiger partial charge in [-0.2, -0.15) is 0 Å². The predicted octanol–water partition coefficient (Wildman–Crippen LogP) is 3.16. The highest BCUT2D eigenvalue weighted by Gasteiger charge is 2.07. The molecule has 120 valence electrons. The van der Waals surface area contributed by atoms with E-state index in [0.29, 0.717) is 0 Å². The van der Waals surface area contributed by atoms with Crippen molar-refractivity contribution >= 4 is 16.9 Å². The molecule has 0 fully saturated rings. The highest BCUT2D eigenvalue weighted by molar-refractivity contribution is 5.83. The van der Waals surface area contributed by atoms with Crippen molar-refractivity contribution in [1.29, 1.82) is 0 Å². The molecular formula is C17H25FN4. The number of unbranched alkanes of at least 4 members (excludes halogenated alkanes) is 1. The molecule has 0 bridgehead atoms. The summed E-state index contributed by atoms with van der Waals surface area (Å²) in [5.41, 5.74) is 2.04. The molecule has 0 atom stereocenters. The number of aromatic amines is 1. The van der Waals surface area contributed by atoms with Crippen molar-refractivity contribution in [3.05, 3.63) is 35.8 Å². The Balaban J connectivity index is 1.91. The van der Waals surface area contributed by atoms with Crippen molar-refractivity contribution in [2.24, 2.45) is 4.99 Å². The highest BCUT2D eigenvalue weighted by Crippen LogP contribution is 2.19. The molecular weight excluding hydrogens is 279 g/mol. The summed E-state index contributed by atoms with van der Waals surface area (Å²) < 4.78 is 13.2. The third-order valence-corrected chi connectivity index (χ3v) is 3.83. The third kappa shape index (κ3) is 4.00. The second-order valence-corrected chi connectivity index (χ2v) is 5.50. The van der Waals surface area contributed by atoms with E-state index >= 15 is 0 Å². The van der Waals surface area contributed by atoms with Crippen molar-refractivity contribution in [2.45, 2.75) is 26.2 Å². The highest BCUT2D eigenvalue weighted by atomic mass is 19.1. The van der Waals surface area contributed by atoms with Gasteiger partial charge in [0.15, 0.2) is 5.96 Å². The fraction of sp³-hybridized carbons (Fsp3) is 0.471. The summed E-state index contributed by atoms with van der Waals surface area (Å²) in [6, 6.07) is 4.87. The molecule has 22 heavy (non-hydrogen) atoms. The number of hydrogen-bond donors (Lipinski definition) is 2. The van der Waals surface area contributed by atoms with Gasteiger partial charge < -0.3 is 15.2 Å². The summed E-state index contributed by atoms with van der Waals surface area (Å²) in [6.45, 7) is 3.99. The maximum Gasteiger partial charge on any atom is 0.193 e. The summed E-state index contributed by atoms with van der Waals surface area (Å²) in [4.78, 5) is 9.58. The van der Waals surface area contributed by atoms with Gasteiger partial charge in [-0.15, -0.1) is 0 Å². The van der Waals surface area contributed by atoms with E-state index in [1.807, 2.05) is 12.3 Å². The van der Waals surface area contributed by atoms with Gasteiger partial charge in [-0.25, -0.2) is 4.39 Å². The number of benzene rings is 1. The molecule has 2 rings (SSSR count). The van der Waals surface area contributed by atoms with E-state index in [2.05, 4.69) is 34.2 Å². The zero-order chi connectivity index (χ0) is 15.9. The van der Waals surface area contributed by atoms with Crippen LogP contribution in [-0.2, 0) is 6.42 Å². The van der Waals surface area contributed by atoms with E-state index in [-0.39, 0.29) is 5.82 Å². The Hall–Kier alpha value is -2.04. The van der Waals surface area contributed by atoms with Gasteiger partial charge >= 0.3 is 0 Å². The van der Waals surface area contributed by atoms with Crippen LogP contribution in [0.5, 0.6) is 0 Å². The lowest BCUT2D eigenvalue weighted by Gasteiger charge is -2.21. The zero-order valence-corrected chi connectivity index (χ0v) is 13.6. The van der Waals surface area contributed by atoms with Crippen LogP contribution >= 0.6 is 0 Å². The maximum absolute atomic E-state index is 13.2. The molecule has 1 aromatic carbocycles. The van der Waals surface area contributed by atoms with Crippen molar-refractivity contribution in [2.75, 3.05) is 27.2 Å². The second kappa shape index (κ2) is 7.82. The number of hydrogen-bond acceptors (Lipinski definition) is 1. The minimum Gasteiger partial charge on any atom is -0.361 e. The van der Waals surface area contributed by atoms with E-state index in [9.17, 15) is 4.39 Å². The topological polar surface area (TPSA) is 43.4 Å². The zero-order valence-electron chi connectivity index (χ0n) is 13.6. The molecule has 0 aliphatic carbocycles. The SMILES string of the molecule is CCCCN(C)C(=NC)NCCc1c[nH]c2cc(F)ccc12. The van der Waals surface area contributed by atoms with Gasteiger partial charge in [0, 0.05) is 44.3 Å². The number of rotatable bonds is 6. The van der Waals surface area contributed by atoms with Crippen LogP contribution in [0, 0.1) is 5.82 Å². The molecule has 0 aliphatic rings. The van der Waals surface area contributed by atoms with Crippen LogP contribution in [0.1, 0.15) is 25.3 Å². The molecule has 0 unspecified atom stereocenters. The van der Waals surface area contributed by atoms with Gasteiger partial charge in [-0.1, -0.05) is 13.3 Å². The van der Waals surface area contributed by atoms with Gasteiger partial charge in [-0.3, -0.25) is 4.99 Å². The summed E-state index contributed by atoms with van der Waals surface area (Å²) >= 11 is 0. The Kier molecular flexibility index (Phi) is 5.81. The fourth-order valence-electron chi connectivity index (χ4n) is 2.56. The van der Waals surface area contributed by atoms with Gasteiger partial charge in [-0.05, 0) is 36.6 Å². The average Bonchev–Trinajstić information content (AvgIpc) is 2.91. The Bertz CT molecular complexity index is 633. The van der Waals surface area contributed by atoms with Crippen molar-refractivity contribution in [3.63, 3.8) is 0 Å². The molecule has 0 saturated heterocycles. The Morgan fingerprint density at radius 1 is 1.41 bits per heavy atom. The summed E-state index contributed by atoms with van der Waals surface area (Å²) in [5, 5.41) is 4.46. The van der Waals surface area contributed by atoms with Gasteiger partial charge in [0.1, 0.15) is 5.82 Å². The maximum atomic E-state index is 13.2. The first-order valence-corrected chi connectivity index (χ1v) is 7.83. The lowest BCUT2D eigenvalue weighted by atomic mass is 10.1. The standard InChI is InChI=1S/C17H25FN4/c1-4-5-10-22(3)17(19-2)20-9-8-13-12-21-16-11-14(18)6-7-15(13)16/h6-7,11-12,21H,4-5,8-10H2,1-3H3,(H,19,20). The first-order chi connectivity index (χ1) is 10.7. The molecule has 2 N–H and O–H groups in total. The largest absolute Gasteiger partial charge is 0.361 e. The molecule has 5 heteroatoms. The summed E-state index contributed by atoms with van der Waals surface area (Å²) in [6.07, 6.45) is 5.15. The second-order valence-electron chi connectivity index (χ2n) is 5.50. The average molecular weight is 304 g/mol. The van der Waals surface area contributed by atoms with Crippen LogP contribution in [0.3, 0.4) is 0 Å². The predicted molar refractivity (Wildman–Crippen MR) is 90.9 cm³/mol. The van der Waals surface area contributed by atoms with E-state index in [0.717, 1.165) is 42.8 Å². The molecule has 0 aliphatic heterocycles. The smallest absolute Gasteiger partial charge is 0.193 e. The molecule has 0 radical (unpaired) electrons. The van der Waals surface area contributed by atoms with Crippen LogP contribution in [0.25, 0.3) is 10.9 Å². The van der Waals surface area contributed by atoms with Crippen molar-refractivity contribution < 1.29 is 4.39 Å². The first kappa shape index (κ1) is 16.3. The van der Waals surface area contributed by atoms with Crippen LogP contribution in [-0.4, -0.2) is 43.0 Å². The first-order valence-electron chi connectivity index (χ1n) is 7.83. The Morgan fingerprint density at radius 2 is 2.23 bits per heavy atom. The third-order valence-electron chi connectivity index (χ3n) is 3.83. The number of fused-ring (bicyclic) bond motifs is 1. The molecule has 1 aromatic heterocycles. The molecule has 0 amide bonds. The minimum absolute atomic E-state index is 0.211. The molecule has 0 saturated carbocycles. The number of aliphatic imine (C=N–C) groups is 1. The van der Waals surface area contributed by atoms with Gasteiger partial charge in [0.2, 0.25) is 0 Å². The van der Waals surface area contributed by atoms with Gasteiger partial charge in [0.25, 0.3) is 0 Å². The van der Waals surface area contributed by atoms with E-state index < -0.39 is 0 Å². The van der Waals surface area contributed by atoms with E-state index in [4.69, 9.17) is 0 Å². The van der Waals surface area contributed by atoms with Crippen LogP contribution in [0.4, 0.5) is 4.39 Å². The monoisotopic (exact) mass is 304 g/mol. The van der Waals surface area contributed by atoms with Crippen molar-refractivity contribution in [1.82, 2.24) is 15.2 Å². The normalized spacial score (nSPS) is 11.9. The number of aromatic nitrogens is 1. The lowest BCUT2D eigenvalue weighted by Crippen LogP contribution is -2.40. The molecule has 1 heterocycles. The summed E-state index contributed by atoms with van der Waals surface area (Å²) in [7, 11) is 3.86. The number of H-pyrrole nitrogens is 1. The number of nitrogens with one attached hydrogen (secondary N) is 2. The molecule has 0 spiro atoms.